The molecule has 2 bridgehead atoms. The van der Waals surface area contributed by atoms with E-state index < -0.39 is 0 Å². The first-order chi connectivity index (χ1) is 13.7. The number of phenols is 1. The van der Waals surface area contributed by atoms with Crippen molar-refractivity contribution in [2.45, 2.75) is 37.8 Å². The number of aromatic amines is 1. The quantitative estimate of drug-likeness (QED) is 0.648. The lowest BCUT2D eigenvalue weighted by atomic mass is 9.92. The molecule has 6 heteroatoms. The molecule has 0 spiro atoms. The van der Waals surface area contributed by atoms with Crippen LogP contribution >= 0.6 is 0 Å². The van der Waals surface area contributed by atoms with Gasteiger partial charge in [0, 0.05) is 29.4 Å². The molecule has 2 aliphatic heterocycles. The van der Waals surface area contributed by atoms with Crippen LogP contribution in [0.5, 0.6) is 5.75 Å². The second-order valence-corrected chi connectivity index (χ2v) is 7.79. The molecule has 2 aromatic heterocycles. The molecule has 5 rings (SSSR count). The Kier molecular flexibility index (Phi) is 4.41. The van der Waals surface area contributed by atoms with Crippen molar-refractivity contribution in [3.8, 4) is 28.1 Å². The lowest BCUT2D eigenvalue weighted by Gasteiger charge is -2.26. The molecule has 28 heavy (non-hydrogen) atoms. The van der Waals surface area contributed by atoms with Crippen molar-refractivity contribution in [3.05, 3.63) is 54.5 Å². The minimum absolute atomic E-state index is 0.182. The molecule has 142 valence electrons. The molecular weight excluding hydrogens is 350 g/mol. The lowest BCUT2D eigenvalue weighted by Crippen LogP contribution is -2.37. The van der Waals surface area contributed by atoms with Crippen LogP contribution in [0, 0.1) is 5.92 Å². The molecule has 6 nitrogen and oxygen atoms in total. The number of rotatable bonds is 4. The summed E-state index contributed by atoms with van der Waals surface area (Å²) in [6, 6.07) is 10.8. The van der Waals surface area contributed by atoms with Crippen LogP contribution in [0.4, 0.5) is 0 Å². The standard InChI is InChI=1S/C22H23N5O/c28-22-11-15(16-12-23-24-13-16)2-7-20(22)21-8-6-17(26-27-21)3-1-14-9-18-4-5-19(10-14)25-18/h1-3,6-8,11-14,18-19,25,28H,4-5,9-10H2,(H,23,24)/t14-,18-,19+. The van der Waals surface area contributed by atoms with Gasteiger partial charge in [-0.15, -0.1) is 5.10 Å². The van der Waals surface area contributed by atoms with Crippen molar-refractivity contribution in [1.29, 1.82) is 0 Å². The predicted molar refractivity (Wildman–Crippen MR) is 108 cm³/mol. The number of nitrogens with one attached hydrogen (secondary N) is 2. The molecule has 2 aliphatic rings. The van der Waals surface area contributed by atoms with Gasteiger partial charge in [-0.3, -0.25) is 5.10 Å². The second kappa shape index (κ2) is 7.20. The number of nitrogens with zero attached hydrogens (tertiary/aromatic N) is 3. The van der Waals surface area contributed by atoms with Gasteiger partial charge in [0.15, 0.2) is 0 Å². The molecule has 0 aliphatic carbocycles. The van der Waals surface area contributed by atoms with Crippen LogP contribution in [0.3, 0.4) is 0 Å². The number of fused-ring (bicyclic) bond motifs is 2. The van der Waals surface area contributed by atoms with E-state index in [0.29, 0.717) is 29.3 Å². The van der Waals surface area contributed by atoms with Crippen molar-refractivity contribution in [2.24, 2.45) is 5.92 Å². The fourth-order valence-electron chi connectivity index (χ4n) is 4.40. The number of piperidine rings is 1. The Labute approximate surface area is 163 Å². The highest BCUT2D eigenvalue weighted by molar-refractivity contribution is 5.73. The molecule has 0 saturated carbocycles. The Balaban J connectivity index is 1.30. The van der Waals surface area contributed by atoms with Gasteiger partial charge >= 0.3 is 0 Å². The van der Waals surface area contributed by atoms with E-state index in [1.807, 2.05) is 24.3 Å². The van der Waals surface area contributed by atoms with Crippen molar-refractivity contribution >= 4 is 6.08 Å². The number of allylic oxidation sites excluding steroid dienone is 1. The summed E-state index contributed by atoms with van der Waals surface area (Å²) in [5, 5.41) is 29.5. The fourth-order valence-corrected chi connectivity index (χ4v) is 4.40. The molecule has 2 saturated heterocycles. The molecule has 0 unspecified atom stereocenters. The highest BCUT2D eigenvalue weighted by Crippen LogP contribution is 2.33. The summed E-state index contributed by atoms with van der Waals surface area (Å²) in [5.74, 6) is 0.807. The molecule has 1 aromatic carbocycles. The van der Waals surface area contributed by atoms with E-state index in [1.54, 1.807) is 18.5 Å². The summed E-state index contributed by atoms with van der Waals surface area (Å²) in [6.45, 7) is 0. The zero-order chi connectivity index (χ0) is 18.9. The molecule has 3 N–H and O–H groups in total. The Morgan fingerprint density at radius 3 is 2.54 bits per heavy atom. The van der Waals surface area contributed by atoms with Crippen LogP contribution < -0.4 is 5.32 Å². The summed E-state index contributed by atoms with van der Waals surface area (Å²) >= 11 is 0. The summed E-state index contributed by atoms with van der Waals surface area (Å²) in [4.78, 5) is 0. The first-order valence-corrected chi connectivity index (χ1v) is 9.85. The summed E-state index contributed by atoms with van der Waals surface area (Å²) in [5.41, 5.74) is 4.01. The van der Waals surface area contributed by atoms with Gasteiger partial charge in [0.1, 0.15) is 5.75 Å². The minimum Gasteiger partial charge on any atom is -0.507 e. The van der Waals surface area contributed by atoms with Crippen LogP contribution in [0.15, 0.2) is 48.8 Å². The van der Waals surface area contributed by atoms with Gasteiger partial charge in [0.2, 0.25) is 0 Å². The first kappa shape index (κ1) is 17.1. The van der Waals surface area contributed by atoms with Crippen molar-refractivity contribution in [2.75, 3.05) is 0 Å². The lowest BCUT2D eigenvalue weighted by molar-refractivity contribution is 0.345. The third kappa shape index (κ3) is 3.43. The van der Waals surface area contributed by atoms with Gasteiger partial charge in [-0.1, -0.05) is 12.1 Å². The number of hydrogen-bond acceptors (Lipinski definition) is 5. The maximum absolute atomic E-state index is 10.4. The molecule has 4 heterocycles. The Morgan fingerprint density at radius 1 is 1.00 bits per heavy atom. The third-order valence-electron chi connectivity index (χ3n) is 5.84. The SMILES string of the molecule is Oc1cc(-c2cn[nH]c2)ccc1-c1ccc(C=C[C@@H]2C[C@H]3CC[C@@H](C2)N3)nn1. The highest BCUT2D eigenvalue weighted by Gasteiger charge is 2.32. The van der Waals surface area contributed by atoms with Crippen LogP contribution in [0.2, 0.25) is 0 Å². The zero-order valence-electron chi connectivity index (χ0n) is 15.5. The second-order valence-electron chi connectivity index (χ2n) is 7.79. The maximum atomic E-state index is 10.4. The summed E-state index contributed by atoms with van der Waals surface area (Å²) in [6.07, 6.45) is 12.9. The number of aromatic hydroxyl groups is 1. The van der Waals surface area contributed by atoms with Gasteiger partial charge in [0.25, 0.3) is 0 Å². The van der Waals surface area contributed by atoms with Gasteiger partial charge in [-0.05, 0) is 67.5 Å². The molecular formula is C22H23N5O. The van der Waals surface area contributed by atoms with Gasteiger partial charge in [-0.25, -0.2) is 0 Å². The first-order valence-electron chi connectivity index (χ1n) is 9.85. The highest BCUT2D eigenvalue weighted by atomic mass is 16.3. The maximum Gasteiger partial charge on any atom is 0.125 e. The van der Waals surface area contributed by atoms with Crippen molar-refractivity contribution in [1.82, 2.24) is 25.7 Å². The van der Waals surface area contributed by atoms with Gasteiger partial charge in [0.05, 0.1) is 17.6 Å². The Morgan fingerprint density at radius 2 is 1.86 bits per heavy atom. The summed E-state index contributed by atoms with van der Waals surface area (Å²) < 4.78 is 0. The average molecular weight is 373 g/mol. The van der Waals surface area contributed by atoms with E-state index in [4.69, 9.17) is 0 Å². The molecule has 3 atom stereocenters. The van der Waals surface area contributed by atoms with E-state index in [-0.39, 0.29) is 5.75 Å². The van der Waals surface area contributed by atoms with Gasteiger partial charge < -0.3 is 10.4 Å². The monoisotopic (exact) mass is 373 g/mol. The number of H-pyrrole nitrogens is 1. The molecule has 0 radical (unpaired) electrons. The molecule has 2 fully saturated rings. The average Bonchev–Trinajstić information content (AvgIpc) is 3.37. The summed E-state index contributed by atoms with van der Waals surface area (Å²) in [7, 11) is 0. The van der Waals surface area contributed by atoms with Crippen molar-refractivity contribution in [3.63, 3.8) is 0 Å². The Hall–Kier alpha value is -2.99. The van der Waals surface area contributed by atoms with Crippen LogP contribution in [0.25, 0.3) is 28.5 Å². The van der Waals surface area contributed by atoms with Crippen LogP contribution in [0.1, 0.15) is 31.4 Å². The van der Waals surface area contributed by atoms with E-state index in [9.17, 15) is 5.11 Å². The third-order valence-corrected chi connectivity index (χ3v) is 5.84. The zero-order valence-corrected chi connectivity index (χ0v) is 15.5. The molecule has 0 amide bonds. The van der Waals surface area contributed by atoms with E-state index in [1.165, 1.54) is 25.7 Å². The largest absolute Gasteiger partial charge is 0.507 e. The Bertz CT molecular complexity index is 969. The smallest absolute Gasteiger partial charge is 0.125 e. The van der Waals surface area contributed by atoms with E-state index >= 15 is 0 Å². The predicted octanol–water partition coefficient (Wildman–Crippen LogP) is 3.78. The number of phenolic OH excluding ortho intramolecular Hbond substituents is 1. The van der Waals surface area contributed by atoms with Crippen molar-refractivity contribution < 1.29 is 5.11 Å². The minimum atomic E-state index is 0.182. The number of benzene rings is 1. The van der Waals surface area contributed by atoms with E-state index in [2.05, 4.69) is 37.9 Å². The van der Waals surface area contributed by atoms with Gasteiger partial charge in [-0.2, -0.15) is 10.2 Å². The molecule has 3 aromatic rings. The number of hydrogen-bond donors (Lipinski definition) is 3. The fraction of sp³-hybridized carbons (Fsp3) is 0.318. The normalized spacial score (nSPS) is 24.1. The number of aromatic nitrogens is 4. The van der Waals surface area contributed by atoms with Crippen LogP contribution in [-0.4, -0.2) is 37.6 Å². The topological polar surface area (TPSA) is 86.7 Å². The van der Waals surface area contributed by atoms with E-state index in [0.717, 1.165) is 16.8 Å². The van der Waals surface area contributed by atoms with Crippen LogP contribution in [-0.2, 0) is 0 Å².